The fraction of sp³-hybridized carbons (Fsp3) is 0.500. The molecule has 9 heteroatoms. The summed E-state index contributed by atoms with van der Waals surface area (Å²) < 4.78 is 22.1. The Labute approximate surface area is 147 Å². The van der Waals surface area contributed by atoms with E-state index in [1.165, 1.54) is 33.2 Å². The molecule has 0 aliphatic rings. The van der Waals surface area contributed by atoms with Crippen molar-refractivity contribution in [3.63, 3.8) is 0 Å². The van der Waals surface area contributed by atoms with Crippen molar-refractivity contribution in [2.75, 3.05) is 46.4 Å². The summed E-state index contributed by atoms with van der Waals surface area (Å²) in [6.07, 6.45) is 0. The summed E-state index contributed by atoms with van der Waals surface area (Å²) in [5.41, 5.74) is 5.74. The first-order valence-electron chi connectivity index (χ1n) is 7.73. The molecule has 1 rings (SSSR count). The Balaban J connectivity index is 3.65. The molecule has 0 saturated heterocycles. The van der Waals surface area contributed by atoms with E-state index in [-0.39, 0.29) is 5.96 Å². The van der Waals surface area contributed by atoms with Crippen LogP contribution in [-0.4, -0.2) is 58.4 Å². The number of nitrogens with zero attached hydrogens (tertiary/aromatic N) is 2. The highest BCUT2D eigenvalue weighted by Gasteiger charge is 2.29. The highest BCUT2D eigenvalue weighted by molar-refractivity contribution is 6.04. The number of anilines is 1. The third-order valence-electron chi connectivity index (χ3n) is 3.43. The van der Waals surface area contributed by atoms with Gasteiger partial charge >= 0.3 is 6.03 Å². The number of benzene rings is 1. The Morgan fingerprint density at radius 2 is 1.52 bits per heavy atom. The van der Waals surface area contributed by atoms with E-state index in [2.05, 4.69) is 0 Å². The molecule has 140 valence electrons. The van der Waals surface area contributed by atoms with Gasteiger partial charge < -0.3 is 24.7 Å². The largest absolute Gasteiger partial charge is 0.493 e. The van der Waals surface area contributed by atoms with Gasteiger partial charge in [-0.15, -0.1) is 0 Å². The first kappa shape index (κ1) is 20.2. The maximum absolute atomic E-state index is 12.6. The highest BCUT2D eigenvalue weighted by atomic mass is 16.5. The molecule has 0 aliphatic carbocycles. The third kappa shape index (κ3) is 4.17. The van der Waals surface area contributed by atoms with Gasteiger partial charge in [0.1, 0.15) is 5.69 Å². The summed E-state index contributed by atoms with van der Waals surface area (Å²) in [6.45, 7) is 4.34. The number of carbonyl (C=O) groups excluding carboxylic acids is 1. The molecule has 1 aromatic rings. The fourth-order valence-electron chi connectivity index (χ4n) is 2.19. The number of nitrogens with one attached hydrogen (secondary N) is 1. The van der Waals surface area contributed by atoms with Crippen molar-refractivity contribution in [1.82, 2.24) is 4.90 Å². The van der Waals surface area contributed by atoms with Crippen molar-refractivity contribution in [2.24, 2.45) is 5.73 Å². The first-order chi connectivity index (χ1) is 11.8. The molecular weight excluding hydrogens is 328 g/mol. The standard InChI is InChI=1S/C16H26N4O5/c1-7-24-13-10(22-5)9-11(23-6)14(25-8-2)12(13)19(3)16(21)20(4)15(17)18/h9H,7-8H2,1-6H3,(H3,17,18). The van der Waals surface area contributed by atoms with Gasteiger partial charge in [0.2, 0.25) is 0 Å². The lowest BCUT2D eigenvalue weighted by Crippen LogP contribution is -2.45. The summed E-state index contributed by atoms with van der Waals surface area (Å²) in [5.74, 6) is 1.07. The summed E-state index contributed by atoms with van der Waals surface area (Å²) in [6, 6.07) is 1.09. The summed E-state index contributed by atoms with van der Waals surface area (Å²) >= 11 is 0. The lowest BCUT2D eigenvalue weighted by atomic mass is 10.2. The second-order valence-electron chi connectivity index (χ2n) is 4.94. The van der Waals surface area contributed by atoms with Crippen LogP contribution in [-0.2, 0) is 0 Å². The van der Waals surface area contributed by atoms with Crippen molar-refractivity contribution in [1.29, 1.82) is 5.41 Å². The van der Waals surface area contributed by atoms with Crippen LogP contribution in [0.5, 0.6) is 23.0 Å². The lowest BCUT2D eigenvalue weighted by Gasteiger charge is -2.28. The van der Waals surface area contributed by atoms with E-state index in [9.17, 15) is 4.79 Å². The minimum atomic E-state index is -0.537. The van der Waals surface area contributed by atoms with Crippen LogP contribution in [0, 0.1) is 5.41 Å². The number of rotatable bonds is 7. The summed E-state index contributed by atoms with van der Waals surface area (Å²) in [7, 11) is 5.91. The zero-order chi connectivity index (χ0) is 19.1. The van der Waals surface area contributed by atoms with E-state index in [1.807, 2.05) is 13.8 Å². The van der Waals surface area contributed by atoms with Crippen molar-refractivity contribution in [3.8, 4) is 23.0 Å². The van der Waals surface area contributed by atoms with Crippen LogP contribution in [0.4, 0.5) is 10.5 Å². The van der Waals surface area contributed by atoms with Crippen LogP contribution < -0.4 is 29.6 Å². The molecule has 0 radical (unpaired) electrons. The average Bonchev–Trinajstić information content (AvgIpc) is 2.60. The van der Waals surface area contributed by atoms with E-state index >= 15 is 0 Å². The van der Waals surface area contributed by atoms with Crippen LogP contribution in [0.3, 0.4) is 0 Å². The van der Waals surface area contributed by atoms with E-state index < -0.39 is 6.03 Å². The summed E-state index contributed by atoms with van der Waals surface area (Å²) in [4.78, 5) is 14.9. The van der Waals surface area contributed by atoms with Gasteiger partial charge in [-0.1, -0.05) is 0 Å². The zero-order valence-corrected chi connectivity index (χ0v) is 15.5. The van der Waals surface area contributed by atoms with Crippen molar-refractivity contribution in [3.05, 3.63) is 6.07 Å². The molecule has 0 unspecified atom stereocenters. The normalized spacial score (nSPS) is 10.0. The van der Waals surface area contributed by atoms with Gasteiger partial charge in [0.15, 0.2) is 29.0 Å². The lowest BCUT2D eigenvalue weighted by molar-refractivity contribution is 0.232. The number of amides is 2. The second-order valence-corrected chi connectivity index (χ2v) is 4.94. The average molecular weight is 354 g/mol. The van der Waals surface area contributed by atoms with Gasteiger partial charge in [0, 0.05) is 20.2 Å². The fourth-order valence-corrected chi connectivity index (χ4v) is 2.19. The topological polar surface area (TPSA) is 110 Å². The zero-order valence-electron chi connectivity index (χ0n) is 15.5. The van der Waals surface area contributed by atoms with Crippen LogP contribution >= 0.6 is 0 Å². The molecule has 0 fully saturated rings. The molecular formula is C16H26N4O5. The number of hydrogen-bond donors (Lipinski definition) is 2. The van der Waals surface area contributed by atoms with E-state index in [0.717, 1.165) is 4.90 Å². The predicted molar refractivity (Wildman–Crippen MR) is 95.4 cm³/mol. The van der Waals surface area contributed by atoms with Crippen molar-refractivity contribution < 1.29 is 23.7 Å². The Kier molecular flexibility index (Phi) is 7.16. The Hall–Kier alpha value is -2.84. The minimum Gasteiger partial charge on any atom is -0.493 e. The molecule has 0 saturated carbocycles. The number of ether oxygens (including phenoxy) is 4. The molecule has 0 heterocycles. The molecule has 25 heavy (non-hydrogen) atoms. The van der Waals surface area contributed by atoms with Crippen LogP contribution in [0.25, 0.3) is 0 Å². The number of guanidine groups is 1. The number of hydrogen-bond acceptors (Lipinski definition) is 6. The number of urea groups is 1. The monoisotopic (exact) mass is 354 g/mol. The molecule has 0 aliphatic heterocycles. The quantitative estimate of drug-likeness (QED) is 0.571. The molecule has 0 bridgehead atoms. The molecule has 9 nitrogen and oxygen atoms in total. The van der Waals surface area contributed by atoms with Crippen LogP contribution in [0.1, 0.15) is 13.8 Å². The van der Waals surface area contributed by atoms with Crippen molar-refractivity contribution in [2.45, 2.75) is 13.8 Å². The second kappa shape index (κ2) is 8.86. The Bertz CT molecular complexity index is 603. The highest BCUT2D eigenvalue weighted by Crippen LogP contribution is 2.50. The number of nitrogens with two attached hydrogens (primary N) is 1. The van der Waals surface area contributed by atoms with Gasteiger partial charge in [-0.2, -0.15) is 0 Å². The van der Waals surface area contributed by atoms with Gasteiger partial charge in [-0.05, 0) is 13.8 Å². The van der Waals surface area contributed by atoms with Gasteiger partial charge in [-0.25, -0.2) is 4.79 Å². The molecule has 3 N–H and O–H groups in total. The molecule has 2 amide bonds. The van der Waals surface area contributed by atoms with Gasteiger partial charge in [0.25, 0.3) is 0 Å². The van der Waals surface area contributed by atoms with Gasteiger partial charge in [0.05, 0.1) is 27.4 Å². The maximum Gasteiger partial charge on any atom is 0.330 e. The summed E-state index contributed by atoms with van der Waals surface area (Å²) in [5, 5.41) is 7.46. The molecule has 0 aromatic heterocycles. The Morgan fingerprint density at radius 1 is 1.08 bits per heavy atom. The minimum absolute atomic E-state index is 0.331. The smallest absolute Gasteiger partial charge is 0.330 e. The van der Waals surface area contributed by atoms with E-state index in [4.69, 9.17) is 30.1 Å². The number of methoxy groups -OCH3 is 2. The number of carbonyl (C=O) groups is 1. The van der Waals surface area contributed by atoms with Crippen LogP contribution in [0.15, 0.2) is 6.07 Å². The predicted octanol–water partition coefficient (Wildman–Crippen LogP) is 1.88. The SMILES string of the molecule is CCOc1c(OC)cc(OC)c(OCC)c1N(C)C(=O)N(C)C(=N)N. The maximum atomic E-state index is 12.6. The molecule has 0 spiro atoms. The van der Waals surface area contributed by atoms with Crippen molar-refractivity contribution >= 4 is 17.7 Å². The first-order valence-corrected chi connectivity index (χ1v) is 7.73. The van der Waals surface area contributed by atoms with Crippen LogP contribution in [0.2, 0.25) is 0 Å². The van der Waals surface area contributed by atoms with E-state index in [0.29, 0.717) is 41.9 Å². The molecule has 1 aromatic carbocycles. The van der Waals surface area contributed by atoms with E-state index in [1.54, 1.807) is 6.07 Å². The molecule has 0 atom stereocenters. The van der Waals surface area contributed by atoms with Gasteiger partial charge in [-0.3, -0.25) is 15.2 Å². The third-order valence-corrected chi connectivity index (χ3v) is 3.43. The Morgan fingerprint density at radius 3 is 1.84 bits per heavy atom.